The van der Waals surface area contributed by atoms with Crippen LogP contribution in [0.15, 0.2) is 60.7 Å². The van der Waals surface area contributed by atoms with Gasteiger partial charge in [0.25, 0.3) is 5.91 Å². The van der Waals surface area contributed by atoms with Gasteiger partial charge in [-0.1, -0.05) is 30.3 Å². The smallest absolute Gasteiger partial charge is 0.257 e. The lowest BCUT2D eigenvalue weighted by atomic mass is 10.1. The molecule has 0 aromatic heterocycles. The Kier molecular flexibility index (Phi) is 3.66. The summed E-state index contributed by atoms with van der Waals surface area (Å²) in [5, 5.41) is 5.07. The predicted octanol–water partition coefficient (Wildman–Crippen LogP) is 3.68. The first kappa shape index (κ1) is 13.9. The van der Waals surface area contributed by atoms with Crippen molar-refractivity contribution in [3.8, 4) is 5.75 Å². The third kappa shape index (κ3) is 2.72. The van der Waals surface area contributed by atoms with Crippen LogP contribution in [0.4, 0.5) is 11.4 Å². The summed E-state index contributed by atoms with van der Waals surface area (Å²) in [5.41, 5.74) is 7.45. The van der Waals surface area contributed by atoms with Crippen LogP contribution in [0.25, 0.3) is 10.8 Å². The summed E-state index contributed by atoms with van der Waals surface area (Å²) in [6, 6.07) is 18.8. The molecular weight excluding hydrogens is 276 g/mol. The third-order valence-electron chi connectivity index (χ3n) is 3.51. The molecule has 3 aromatic carbocycles. The molecular formula is C18H16N2O2. The fourth-order valence-electron chi connectivity index (χ4n) is 2.34. The summed E-state index contributed by atoms with van der Waals surface area (Å²) in [4.78, 5) is 12.3. The van der Waals surface area contributed by atoms with Gasteiger partial charge in [-0.25, -0.2) is 0 Å². The lowest BCUT2D eigenvalue weighted by molar-refractivity contribution is 0.102. The number of fused-ring (bicyclic) bond motifs is 1. The highest BCUT2D eigenvalue weighted by Gasteiger charge is 2.11. The lowest BCUT2D eigenvalue weighted by Gasteiger charge is -2.09. The van der Waals surface area contributed by atoms with Crippen molar-refractivity contribution in [2.24, 2.45) is 0 Å². The van der Waals surface area contributed by atoms with E-state index >= 15 is 0 Å². The van der Waals surface area contributed by atoms with Crippen LogP contribution >= 0.6 is 0 Å². The second kappa shape index (κ2) is 5.77. The largest absolute Gasteiger partial charge is 0.497 e. The number of benzene rings is 3. The van der Waals surface area contributed by atoms with Crippen LogP contribution in [0.3, 0.4) is 0 Å². The molecule has 0 fully saturated rings. The first-order valence-electron chi connectivity index (χ1n) is 6.91. The molecule has 3 N–H and O–H groups in total. The molecule has 0 aliphatic heterocycles. The Morgan fingerprint density at radius 1 is 1.00 bits per heavy atom. The van der Waals surface area contributed by atoms with Crippen molar-refractivity contribution in [1.82, 2.24) is 0 Å². The molecule has 0 spiro atoms. The second-order valence-electron chi connectivity index (χ2n) is 4.97. The summed E-state index contributed by atoms with van der Waals surface area (Å²) < 4.78 is 5.08. The van der Waals surface area contributed by atoms with Crippen LogP contribution in [0.2, 0.25) is 0 Å². The number of methoxy groups -OCH3 is 1. The summed E-state index contributed by atoms with van der Waals surface area (Å²) >= 11 is 0. The zero-order valence-corrected chi connectivity index (χ0v) is 12.2. The number of nitrogen functional groups attached to an aromatic ring is 1. The summed E-state index contributed by atoms with van der Waals surface area (Å²) in [7, 11) is 1.56. The van der Waals surface area contributed by atoms with Crippen molar-refractivity contribution in [2.45, 2.75) is 0 Å². The minimum Gasteiger partial charge on any atom is -0.497 e. The predicted molar refractivity (Wildman–Crippen MR) is 89.3 cm³/mol. The number of carbonyl (C=O) groups excluding carboxylic acids is 1. The van der Waals surface area contributed by atoms with Gasteiger partial charge < -0.3 is 15.8 Å². The molecule has 22 heavy (non-hydrogen) atoms. The quantitative estimate of drug-likeness (QED) is 0.724. The van der Waals surface area contributed by atoms with E-state index in [0.717, 1.165) is 16.5 Å². The van der Waals surface area contributed by atoms with Crippen molar-refractivity contribution in [3.05, 3.63) is 66.2 Å². The summed E-state index contributed by atoms with van der Waals surface area (Å²) in [5.74, 6) is 0.384. The monoisotopic (exact) mass is 292 g/mol. The number of hydrogen-bond acceptors (Lipinski definition) is 3. The standard InChI is InChI=1S/C18H16N2O2/c1-22-15-8-9-16(17(19)11-15)18(21)20-14-7-6-12-4-2-3-5-13(12)10-14/h2-11H,19H2,1H3,(H,20,21). The zero-order chi connectivity index (χ0) is 15.5. The maximum Gasteiger partial charge on any atom is 0.257 e. The van der Waals surface area contributed by atoms with Gasteiger partial charge in [0.2, 0.25) is 0 Å². The highest BCUT2D eigenvalue weighted by atomic mass is 16.5. The summed E-state index contributed by atoms with van der Waals surface area (Å²) in [6.07, 6.45) is 0. The van der Waals surface area contributed by atoms with E-state index in [0.29, 0.717) is 17.0 Å². The Morgan fingerprint density at radius 3 is 2.50 bits per heavy atom. The van der Waals surface area contributed by atoms with Crippen molar-refractivity contribution < 1.29 is 9.53 Å². The number of nitrogens with one attached hydrogen (secondary N) is 1. The Balaban J connectivity index is 1.86. The van der Waals surface area contributed by atoms with Crippen LogP contribution in [0.5, 0.6) is 5.75 Å². The number of anilines is 2. The maximum absolute atomic E-state index is 12.3. The molecule has 1 amide bonds. The Bertz CT molecular complexity index is 843. The van der Waals surface area contributed by atoms with Gasteiger partial charge in [-0.3, -0.25) is 4.79 Å². The van der Waals surface area contributed by atoms with Gasteiger partial charge >= 0.3 is 0 Å². The molecule has 4 nitrogen and oxygen atoms in total. The van der Waals surface area contributed by atoms with E-state index in [9.17, 15) is 4.79 Å². The normalized spacial score (nSPS) is 10.4. The van der Waals surface area contributed by atoms with Crippen LogP contribution in [0, 0.1) is 0 Å². The van der Waals surface area contributed by atoms with E-state index in [-0.39, 0.29) is 5.91 Å². The molecule has 0 atom stereocenters. The molecule has 0 saturated heterocycles. The molecule has 4 heteroatoms. The number of amides is 1. The van der Waals surface area contributed by atoms with Gasteiger partial charge in [0, 0.05) is 17.4 Å². The molecule has 0 radical (unpaired) electrons. The highest BCUT2D eigenvalue weighted by molar-refractivity contribution is 6.08. The molecule has 0 aliphatic carbocycles. The van der Waals surface area contributed by atoms with Crippen molar-refractivity contribution in [1.29, 1.82) is 0 Å². The van der Waals surface area contributed by atoms with E-state index in [4.69, 9.17) is 10.5 Å². The van der Waals surface area contributed by atoms with Gasteiger partial charge in [-0.2, -0.15) is 0 Å². The van der Waals surface area contributed by atoms with Gasteiger partial charge in [0.05, 0.1) is 12.7 Å². The molecule has 0 aliphatic rings. The Labute approximate surface area is 128 Å². The lowest BCUT2D eigenvalue weighted by Crippen LogP contribution is -2.14. The summed E-state index contributed by atoms with van der Waals surface area (Å²) in [6.45, 7) is 0. The van der Waals surface area contributed by atoms with Gasteiger partial charge in [-0.15, -0.1) is 0 Å². The number of hydrogen-bond donors (Lipinski definition) is 2. The fraction of sp³-hybridized carbons (Fsp3) is 0.0556. The van der Waals surface area contributed by atoms with E-state index in [2.05, 4.69) is 5.32 Å². The van der Waals surface area contributed by atoms with E-state index in [1.54, 1.807) is 25.3 Å². The highest BCUT2D eigenvalue weighted by Crippen LogP contribution is 2.22. The van der Waals surface area contributed by atoms with E-state index in [1.165, 1.54) is 0 Å². The molecule has 0 heterocycles. The van der Waals surface area contributed by atoms with Crippen molar-refractivity contribution in [2.75, 3.05) is 18.2 Å². The second-order valence-corrected chi connectivity index (χ2v) is 4.97. The number of ether oxygens (including phenoxy) is 1. The molecule has 0 unspecified atom stereocenters. The van der Waals surface area contributed by atoms with Crippen LogP contribution in [-0.2, 0) is 0 Å². The Morgan fingerprint density at radius 2 is 1.77 bits per heavy atom. The average Bonchev–Trinajstić information content (AvgIpc) is 2.54. The van der Waals surface area contributed by atoms with Gasteiger partial charge in [0.15, 0.2) is 0 Å². The SMILES string of the molecule is COc1ccc(C(=O)Nc2ccc3ccccc3c2)c(N)c1. The van der Waals surface area contributed by atoms with Crippen molar-refractivity contribution >= 4 is 28.1 Å². The Hall–Kier alpha value is -3.01. The molecule has 3 rings (SSSR count). The number of nitrogens with two attached hydrogens (primary N) is 1. The van der Waals surface area contributed by atoms with Gasteiger partial charge in [0.1, 0.15) is 5.75 Å². The van der Waals surface area contributed by atoms with E-state index < -0.39 is 0 Å². The first-order valence-corrected chi connectivity index (χ1v) is 6.91. The van der Waals surface area contributed by atoms with Crippen LogP contribution in [-0.4, -0.2) is 13.0 Å². The molecule has 0 bridgehead atoms. The maximum atomic E-state index is 12.3. The minimum absolute atomic E-state index is 0.240. The van der Waals surface area contributed by atoms with E-state index in [1.807, 2.05) is 42.5 Å². The number of rotatable bonds is 3. The molecule has 110 valence electrons. The van der Waals surface area contributed by atoms with Gasteiger partial charge in [-0.05, 0) is 35.0 Å². The fourth-order valence-corrected chi connectivity index (χ4v) is 2.34. The first-order chi connectivity index (χ1) is 10.7. The topological polar surface area (TPSA) is 64.3 Å². The molecule has 0 saturated carbocycles. The van der Waals surface area contributed by atoms with Crippen LogP contribution < -0.4 is 15.8 Å². The molecule has 3 aromatic rings. The zero-order valence-electron chi connectivity index (χ0n) is 12.2. The van der Waals surface area contributed by atoms with Crippen molar-refractivity contribution in [3.63, 3.8) is 0 Å². The minimum atomic E-state index is -0.240. The average molecular weight is 292 g/mol. The third-order valence-corrected chi connectivity index (χ3v) is 3.51. The van der Waals surface area contributed by atoms with Crippen LogP contribution in [0.1, 0.15) is 10.4 Å². The number of carbonyl (C=O) groups is 1.